The first kappa shape index (κ1) is 36.3. The Morgan fingerprint density at radius 2 is 0.839 bits per heavy atom. The number of rotatable bonds is 6. The SMILES string of the molecule is CC1(C)c2ccccc2-c2ccc(-c3cc4sc5c(-c6cccc(-c7cccc(-c8nc(-c9ccccc9)nc(-c9ccccc9)n8)c7)c6)cccc5c4c4ccccc34)cc21. The Balaban J connectivity index is 0.955. The van der Waals surface area contributed by atoms with Crippen LogP contribution in [0.4, 0.5) is 0 Å². The van der Waals surface area contributed by atoms with Crippen molar-refractivity contribution in [2.45, 2.75) is 19.3 Å². The molecule has 1 aliphatic rings. The summed E-state index contributed by atoms with van der Waals surface area (Å²) < 4.78 is 2.60. The quantitative estimate of drug-likeness (QED) is 0.168. The van der Waals surface area contributed by atoms with Gasteiger partial charge in [0.2, 0.25) is 0 Å². The molecule has 0 saturated carbocycles. The van der Waals surface area contributed by atoms with Crippen LogP contribution in [0.3, 0.4) is 0 Å². The molecule has 0 saturated heterocycles. The zero-order valence-electron chi connectivity index (χ0n) is 34.3. The molecule has 1 aliphatic carbocycles. The molecule has 11 aromatic rings. The zero-order chi connectivity index (χ0) is 41.4. The van der Waals surface area contributed by atoms with Gasteiger partial charge in [-0.1, -0.05) is 190 Å². The molecule has 9 aromatic carbocycles. The lowest BCUT2D eigenvalue weighted by Gasteiger charge is -2.22. The van der Waals surface area contributed by atoms with E-state index in [0.29, 0.717) is 17.5 Å². The average molecular weight is 810 g/mol. The van der Waals surface area contributed by atoms with Gasteiger partial charge in [0.05, 0.1) is 0 Å². The van der Waals surface area contributed by atoms with Crippen LogP contribution in [0.5, 0.6) is 0 Å². The summed E-state index contributed by atoms with van der Waals surface area (Å²) in [5, 5.41) is 5.19. The molecule has 3 nitrogen and oxygen atoms in total. The van der Waals surface area contributed by atoms with E-state index in [1.54, 1.807) is 0 Å². The second-order valence-electron chi connectivity index (χ2n) is 16.8. The monoisotopic (exact) mass is 809 g/mol. The van der Waals surface area contributed by atoms with E-state index in [1.807, 2.05) is 72.0 Å². The van der Waals surface area contributed by atoms with Gasteiger partial charge < -0.3 is 0 Å². The Labute approximate surface area is 364 Å². The number of hydrogen-bond acceptors (Lipinski definition) is 4. The third-order valence-corrected chi connectivity index (χ3v) is 13.9. The highest BCUT2D eigenvalue weighted by Gasteiger charge is 2.35. The van der Waals surface area contributed by atoms with E-state index in [2.05, 4.69) is 153 Å². The lowest BCUT2D eigenvalue weighted by Crippen LogP contribution is -2.14. The van der Waals surface area contributed by atoms with Gasteiger partial charge in [-0.25, -0.2) is 15.0 Å². The van der Waals surface area contributed by atoms with Crippen LogP contribution in [0.25, 0.3) is 110 Å². The highest BCUT2D eigenvalue weighted by molar-refractivity contribution is 7.26. The van der Waals surface area contributed by atoms with Crippen molar-refractivity contribution in [2.24, 2.45) is 0 Å². The van der Waals surface area contributed by atoms with Gasteiger partial charge in [-0.2, -0.15) is 0 Å². The van der Waals surface area contributed by atoms with E-state index >= 15 is 0 Å². The van der Waals surface area contributed by atoms with E-state index in [9.17, 15) is 0 Å². The maximum atomic E-state index is 5.01. The second kappa shape index (κ2) is 14.3. The Bertz CT molecular complexity index is 3490. The van der Waals surface area contributed by atoms with Gasteiger partial charge >= 0.3 is 0 Å². The Morgan fingerprint density at radius 1 is 0.339 bits per heavy atom. The second-order valence-corrected chi connectivity index (χ2v) is 17.8. The molecule has 2 heterocycles. The highest BCUT2D eigenvalue weighted by Crippen LogP contribution is 2.51. The largest absolute Gasteiger partial charge is 0.208 e. The molecule has 12 rings (SSSR count). The number of thiophene rings is 1. The summed E-state index contributed by atoms with van der Waals surface area (Å²) in [6.07, 6.45) is 0. The molecule has 0 aliphatic heterocycles. The van der Waals surface area contributed by atoms with Crippen LogP contribution < -0.4 is 0 Å². The summed E-state index contributed by atoms with van der Waals surface area (Å²) in [6, 6.07) is 72.0. The van der Waals surface area contributed by atoms with Crippen LogP contribution in [-0.4, -0.2) is 15.0 Å². The summed E-state index contributed by atoms with van der Waals surface area (Å²) in [4.78, 5) is 14.9. The van der Waals surface area contributed by atoms with E-state index in [0.717, 1.165) is 27.8 Å². The number of benzene rings is 9. The van der Waals surface area contributed by atoms with Crippen molar-refractivity contribution in [2.75, 3.05) is 0 Å². The smallest absolute Gasteiger partial charge is 0.164 e. The van der Waals surface area contributed by atoms with Crippen LogP contribution in [-0.2, 0) is 5.41 Å². The van der Waals surface area contributed by atoms with Gasteiger partial charge in [-0.3, -0.25) is 0 Å². The van der Waals surface area contributed by atoms with E-state index in [-0.39, 0.29) is 5.41 Å². The fourth-order valence-corrected chi connectivity index (χ4v) is 10.9. The number of hydrogen-bond donors (Lipinski definition) is 0. The standard InChI is InChI=1S/C58H39N3S/c1-58(2)50-29-12-11-25-45(50)46-31-30-41(34-51(46)58)49-35-52-53(47-26-10-9-24-44(47)49)48-28-15-27-43(54(48)62-52)40-22-13-20-38(32-40)39-21-14-23-42(33-39)57-60-55(36-16-5-3-6-17-36)59-56(61-57)37-18-7-4-8-19-37/h3-35H,1-2H3. The summed E-state index contributed by atoms with van der Waals surface area (Å²) in [6.45, 7) is 4.72. The van der Waals surface area contributed by atoms with Gasteiger partial charge in [0, 0.05) is 42.3 Å². The third kappa shape index (κ3) is 5.90. The first-order chi connectivity index (χ1) is 30.5. The fraction of sp³-hybridized carbons (Fsp3) is 0.0517. The van der Waals surface area contributed by atoms with E-state index in [4.69, 9.17) is 15.0 Å². The van der Waals surface area contributed by atoms with Crippen molar-refractivity contribution < 1.29 is 0 Å². The maximum absolute atomic E-state index is 5.01. The summed E-state index contributed by atoms with van der Waals surface area (Å²) in [5.41, 5.74) is 15.5. The van der Waals surface area contributed by atoms with Gasteiger partial charge in [-0.15, -0.1) is 11.3 Å². The van der Waals surface area contributed by atoms with Crippen LogP contribution in [0.2, 0.25) is 0 Å². The van der Waals surface area contributed by atoms with Gasteiger partial charge in [-0.05, 0) is 90.7 Å². The normalized spacial score (nSPS) is 12.8. The minimum absolute atomic E-state index is 0.0607. The van der Waals surface area contributed by atoms with Crippen LogP contribution in [0.15, 0.2) is 200 Å². The van der Waals surface area contributed by atoms with Crippen molar-refractivity contribution in [3.63, 3.8) is 0 Å². The molecule has 4 heteroatoms. The first-order valence-corrected chi connectivity index (χ1v) is 22.0. The minimum atomic E-state index is -0.0607. The van der Waals surface area contributed by atoms with Gasteiger partial charge in [0.1, 0.15) is 0 Å². The molecule has 0 amide bonds. The summed E-state index contributed by atoms with van der Waals surface area (Å²) in [5.74, 6) is 1.95. The predicted molar refractivity (Wildman–Crippen MR) is 260 cm³/mol. The van der Waals surface area contributed by atoms with Gasteiger partial charge in [0.15, 0.2) is 17.5 Å². The predicted octanol–water partition coefficient (Wildman–Crippen LogP) is 15.7. The molecular formula is C58H39N3S. The molecule has 0 N–H and O–H groups in total. The molecule has 62 heavy (non-hydrogen) atoms. The molecule has 0 bridgehead atoms. The average Bonchev–Trinajstić information content (AvgIpc) is 3.83. The Kier molecular flexibility index (Phi) is 8.38. The van der Waals surface area contributed by atoms with Crippen LogP contribution in [0, 0.1) is 0 Å². The van der Waals surface area contributed by atoms with Crippen molar-refractivity contribution in [1.82, 2.24) is 15.0 Å². The van der Waals surface area contributed by atoms with Crippen LogP contribution in [0.1, 0.15) is 25.0 Å². The number of nitrogens with zero attached hydrogens (tertiary/aromatic N) is 3. The molecule has 2 aromatic heterocycles. The molecule has 0 radical (unpaired) electrons. The van der Waals surface area contributed by atoms with Crippen molar-refractivity contribution in [3.05, 3.63) is 211 Å². The Hall–Kier alpha value is -7.53. The maximum Gasteiger partial charge on any atom is 0.164 e. The molecule has 0 atom stereocenters. The van der Waals surface area contributed by atoms with Crippen molar-refractivity contribution >= 4 is 42.3 Å². The lowest BCUT2D eigenvalue weighted by molar-refractivity contribution is 0.660. The molecule has 0 unspecified atom stereocenters. The third-order valence-electron chi connectivity index (χ3n) is 12.7. The lowest BCUT2D eigenvalue weighted by atomic mass is 9.81. The van der Waals surface area contributed by atoms with E-state index in [1.165, 1.54) is 75.5 Å². The molecular weight excluding hydrogens is 771 g/mol. The first-order valence-electron chi connectivity index (χ1n) is 21.2. The Morgan fingerprint density at radius 3 is 1.56 bits per heavy atom. The van der Waals surface area contributed by atoms with Crippen LogP contribution >= 0.6 is 11.3 Å². The zero-order valence-corrected chi connectivity index (χ0v) is 35.1. The minimum Gasteiger partial charge on any atom is -0.208 e. The highest BCUT2D eigenvalue weighted by atomic mass is 32.1. The van der Waals surface area contributed by atoms with Gasteiger partial charge in [0.25, 0.3) is 0 Å². The fourth-order valence-electron chi connectivity index (χ4n) is 9.64. The molecule has 0 fully saturated rings. The number of aromatic nitrogens is 3. The summed E-state index contributed by atoms with van der Waals surface area (Å²) >= 11 is 1.90. The van der Waals surface area contributed by atoms with Crippen molar-refractivity contribution in [3.8, 4) is 78.7 Å². The summed E-state index contributed by atoms with van der Waals surface area (Å²) in [7, 11) is 0. The molecule has 292 valence electrons. The van der Waals surface area contributed by atoms with Crippen molar-refractivity contribution in [1.29, 1.82) is 0 Å². The number of fused-ring (bicyclic) bond motifs is 8. The molecule has 0 spiro atoms. The van der Waals surface area contributed by atoms with E-state index < -0.39 is 0 Å². The topological polar surface area (TPSA) is 38.7 Å².